The van der Waals surface area contributed by atoms with E-state index in [1.165, 1.54) is 11.1 Å². The van der Waals surface area contributed by atoms with Gasteiger partial charge in [0.1, 0.15) is 5.69 Å². The van der Waals surface area contributed by atoms with Crippen LogP contribution in [-0.4, -0.2) is 25.9 Å². The number of amides is 1. The fraction of sp³-hybridized carbons (Fsp3) is 0.316. The van der Waals surface area contributed by atoms with Gasteiger partial charge in [-0.25, -0.2) is 0 Å². The van der Waals surface area contributed by atoms with Crippen LogP contribution in [-0.2, 0) is 26.7 Å². The average Bonchev–Trinajstić information content (AvgIpc) is 3.33. The van der Waals surface area contributed by atoms with Crippen molar-refractivity contribution in [2.24, 2.45) is 7.05 Å². The van der Waals surface area contributed by atoms with Crippen LogP contribution in [0.4, 0.5) is 0 Å². The number of carbonyl (C=O) groups is 1. The molecule has 3 heterocycles. The van der Waals surface area contributed by atoms with Crippen molar-refractivity contribution in [2.75, 3.05) is 0 Å². The maximum Gasteiger partial charge on any atom is 0.269 e. The van der Waals surface area contributed by atoms with Crippen LogP contribution in [0.25, 0.3) is 11.3 Å². The Kier molecular flexibility index (Phi) is 4.08. The van der Waals surface area contributed by atoms with Gasteiger partial charge in [0, 0.05) is 37.9 Å². The molecule has 0 saturated carbocycles. The van der Waals surface area contributed by atoms with E-state index in [0.29, 0.717) is 12.2 Å². The lowest BCUT2D eigenvalue weighted by atomic mass is 10.1. The summed E-state index contributed by atoms with van der Waals surface area (Å²) in [5.41, 5.74) is 7.81. The van der Waals surface area contributed by atoms with Crippen LogP contribution < -0.4 is 10.6 Å². The Balaban J connectivity index is 1.47. The summed E-state index contributed by atoms with van der Waals surface area (Å²) in [6.45, 7) is 6.24. The first-order valence-electron chi connectivity index (χ1n) is 8.68. The maximum atomic E-state index is 12.5. The zero-order valence-electron chi connectivity index (χ0n) is 15.2. The van der Waals surface area contributed by atoms with E-state index in [0.717, 1.165) is 41.3 Å². The second-order valence-electron chi connectivity index (χ2n) is 6.73. The number of aromatic nitrogens is 4. The van der Waals surface area contributed by atoms with E-state index in [1.807, 2.05) is 25.6 Å². The molecule has 0 spiro atoms. The number of rotatable bonds is 4. The molecular weight excluding hydrogens is 328 g/mol. The third-order valence-electron chi connectivity index (χ3n) is 4.94. The van der Waals surface area contributed by atoms with E-state index < -0.39 is 0 Å². The lowest BCUT2D eigenvalue weighted by molar-refractivity contribution is 0.0946. The molecule has 0 unspecified atom stereocenters. The molecule has 1 aliphatic rings. The van der Waals surface area contributed by atoms with Crippen molar-refractivity contribution in [3.05, 3.63) is 58.0 Å². The van der Waals surface area contributed by atoms with Gasteiger partial charge in [-0.1, -0.05) is 18.2 Å². The Morgan fingerprint density at radius 3 is 2.81 bits per heavy atom. The Morgan fingerprint density at radius 1 is 1.23 bits per heavy atom. The highest BCUT2D eigenvalue weighted by atomic mass is 16.1. The van der Waals surface area contributed by atoms with Crippen LogP contribution in [0.1, 0.15) is 38.6 Å². The van der Waals surface area contributed by atoms with E-state index in [1.54, 1.807) is 6.07 Å². The predicted molar refractivity (Wildman–Crippen MR) is 98.4 cm³/mol. The molecule has 3 aromatic rings. The highest BCUT2D eigenvalue weighted by molar-refractivity contribution is 5.93. The maximum absolute atomic E-state index is 12.5. The molecule has 0 bridgehead atoms. The number of H-pyrrole nitrogens is 1. The number of nitrogens with zero attached hydrogens (tertiary/aromatic N) is 3. The largest absolute Gasteiger partial charge is 0.347 e. The molecule has 134 valence electrons. The summed E-state index contributed by atoms with van der Waals surface area (Å²) < 4.78 is 1.82. The van der Waals surface area contributed by atoms with Gasteiger partial charge in [-0.05, 0) is 36.6 Å². The van der Waals surface area contributed by atoms with Crippen molar-refractivity contribution in [3.63, 3.8) is 0 Å². The predicted octanol–water partition coefficient (Wildman–Crippen LogP) is 1.96. The van der Waals surface area contributed by atoms with E-state index >= 15 is 0 Å². The Labute approximate surface area is 151 Å². The molecule has 0 saturated heterocycles. The fourth-order valence-electron chi connectivity index (χ4n) is 3.45. The van der Waals surface area contributed by atoms with Gasteiger partial charge in [0.15, 0.2) is 0 Å². The van der Waals surface area contributed by atoms with Crippen molar-refractivity contribution >= 4 is 5.91 Å². The molecule has 0 fully saturated rings. The molecule has 0 radical (unpaired) electrons. The zero-order valence-corrected chi connectivity index (χ0v) is 15.2. The lowest BCUT2D eigenvalue weighted by Crippen LogP contribution is -2.23. The number of nitrogens with one attached hydrogen (secondary N) is 3. The van der Waals surface area contributed by atoms with Gasteiger partial charge in [0.2, 0.25) is 0 Å². The van der Waals surface area contributed by atoms with Crippen LogP contribution in [0.5, 0.6) is 0 Å². The van der Waals surface area contributed by atoms with Gasteiger partial charge < -0.3 is 10.6 Å². The fourth-order valence-corrected chi connectivity index (χ4v) is 3.45. The zero-order chi connectivity index (χ0) is 18.3. The highest BCUT2D eigenvalue weighted by Gasteiger charge is 2.17. The summed E-state index contributed by atoms with van der Waals surface area (Å²) >= 11 is 0. The normalized spacial score (nSPS) is 13.0. The van der Waals surface area contributed by atoms with Gasteiger partial charge in [-0.3, -0.25) is 14.6 Å². The van der Waals surface area contributed by atoms with E-state index in [9.17, 15) is 4.79 Å². The van der Waals surface area contributed by atoms with Crippen molar-refractivity contribution in [1.82, 2.24) is 30.6 Å². The lowest BCUT2D eigenvalue weighted by Gasteiger charge is -2.06. The van der Waals surface area contributed by atoms with Crippen LogP contribution in [0.15, 0.2) is 24.3 Å². The quantitative estimate of drug-likeness (QED) is 0.671. The topological polar surface area (TPSA) is 87.6 Å². The first kappa shape index (κ1) is 16.5. The van der Waals surface area contributed by atoms with Crippen molar-refractivity contribution < 1.29 is 4.79 Å². The number of hydrogen-bond acceptors (Lipinski definition) is 4. The van der Waals surface area contributed by atoms with E-state index in [-0.39, 0.29) is 5.91 Å². The van der Waals surface area contributed by atoms with Crippen molar-refractivity contribution in [3.8, 4) is 11.3 Å². The number of benzene rings is 1. The number of carbonyl (C=O) groups excluding carboxylic acids is 1. The summed E-state index contributed by atoms with van der Waals surface area (Å²) in [6.07, 6.45) is 0. The monoisotopic (exact) mass is 350 g/mol. The first-order valence-corrected chi connectivity index (χ1v) is 8.68. The van der Waals surface area contributed by atoms with Gasteiger partial charge in [0.05, 0.1) is 11.4 Å². The molecule has 1 amide bonds. The SMILES string of the molecule is Cc1nn(C)c(C)c1-c1cc(C(=O)NCc2ccc3c(c2)CNC3)[nH]n1. The summed E-state index contributed by atoms with van der Waals surface area (Å²) in [5, 5.41) is 17.8. The third kappa shape index (κ3) is 2.90. The molecule has 0 aliphatic carbocycles. The minimum atomic E-state index is -0.165. The Bertz CT molecular complexity index is 984. The summed E-state index contributed by atoms with van der Waals surface area (Å²) in [6, 6.07) is 8.11. The smallest absolute Gasteiger partial charge is 0.269 e. The van der Waals surface area contributed by atoms with Gasteiger partial charge in [-0.15, -0.1) is 0 Å². The molecule has 7 nitrogen and oxygen atoms in total. The third-order valence-corrected chi connectivity index (χ3v) is 4.94. The molecule has 4 rings (SSSR count). The molecule has 1 aromatic carbocycles. The molecule has 2 aromatic heterocycles. The minimum Gasteiger partial charge on any atom is -0.347 e. The molecule has 0 atom stereocenters. The molecule has 7 heteroatoms. The van der Waals surface area contributed by atoms with Crippen LogP contribution in [0, 0.1) is 13.8 Å². The summed E-state index contributed by atoms with van der Waals surface area (Å²) in [7, 11) is 1.90. The second-order valence-corrected chi connectivity index (χ2v) is 6.73. The number of aromatic amines is 1. The second kappa shape index (κ2) is 6.42. The highest BCUT2D eigenvalue weighted by Crippen LogP contribution is 2.25. The van der Waals surface area contributed by atoms with E-state index in [4.69, 9.17) is 0 Å². The van der Waals surface area contributed by atoms with Gasteiger partial charge in [-0.2, -0.15) is 10.2 Å². The summed E-state index contributed by atoms with van der Waals surface area (Å²) in [4.78, 5) is 12.5. The number of hydrogen-bond donors (Lipinski definition) is 3. The Hall–Kier alpha value is -2.93. The average molecular weight is 350 g/mol. The Morgan fingerprint density at radius 2 is 2.04 bits per heavy atom. The molecular formula is C19H22N6O. The number of fused-ring (bicyclic) bond motifs is 1. The van der Waals surface area contributed by atoms with Crippen molar-refractivity contribution in [1.29, 1.82) is 0 Å². The van der Waals surface area contributed by atoms with Crippen LogP contribution in [0.2, 0.25) is 0 Å². The molecule has 3 N–H and O–H groups in total. The molecule has 26 heavy (non-hydrogen) atoms. The minimum absolute atomic E-state index is 0.165. The van der Waals surface area contributed by atoms with E-state index in [2.05, 4.69) is 44.1 Å². The van der Waals surface area contributed by atoms with Gasteiger partial charge >= 0.3 is 0 Å². The molecule has 1 aliphatic heterocycles. The standard InChI is InChI=1S/C19H22N6O/c1-11-18(12(2)25(3)24-11)16-7-17(23-22-16)19(26)21-8-13-4-5-14-9-20-10-15(14)6-13/h4-7,20H,8-10H2,1-3H3,(H,21,26)(H,22,23). The van der Waals surface area contributed by atoms with Crippen LogP contribution in [0.3, 0.4) is 0 Å². The number of aryl methyl sites for hydroxylation is 2. The van der Waals surface area contributed by atoms with Gasteiger partial charge in [0.25, 0.3) is 5.91 Å². The van der Waals surface area contributed by atoms with Crippen molar-refractivity contribution in [2.45, 2.75) is 33.5 Å². The first-order chi connectivity index (χ1) is 12.5. The van der Waals surface area contributed by atoms with Crippen LogP contribution >= 0.6 is 0 Å². The summed E-state index contributed by atoms with van der Waals surface area (Å²) in [5.74, 6) is -0.165.